The second-order valence-electron chi connectivity index (χ2n) is 7.21. The van der Waals surface area contributed by atoms with E-state index in [4.69, 9.17) is 0 Å². The molecule has 0 aromatic heterocycles. The van der Waals surface area contributed by atoms with Crippen molar-refractivity contribution in [1.29, 1.82) is 0 Å². The molecule has 0 amide bonds. The standard InChI is InChI=1S/C21H23NO2/c23-20(24)19-14-22(13-16-7-2-1-3-8-16)15-21(19)12-6-10-17-9-4-5-11-18(17)21/h1-5,7-9,11,19H,6,10,12-15H2,(H,23,24). The Balaban J connectivity index is 1.68. The van der Waals surface area contributed by atoms with Crippen LogP contribution in [0.25, 0.3) is 0 Å². The smallest absolute Gasteiger partial charge is 0.308 e. The topological polar surface area (TPSA) is 40.5 Å². The number of aryl methyl sites for hydroxylation is 1. The van der Waals surface area contributed by atoms with Crippen LogP contribution in [0, 0.1) is 5.92 Å². The highest BCUT2D eigenvalue weighted by Crippen LogP contribution is 2.47. The number of fused-ring (bicyclic) bond motifs is 2. The molecule has 2 aliphatic rings. The number of benzene rings is 2. The lowest BCUT2D eigenvalue weighted by Crippen LogP contribution is -2.42. The molecule has 0 saturated carbocycles. The van der Waals surface area contributed by atoms with E-state index in [2.05, 4.69) is 41.3 Å². The maximum atomic E-state index is 12.1. The summed E-state index contributed by atoms with van der Waals surface area (Å²) in [7, 11) is 0. The van der Waals surface area contributed by atoms with Crippen LogP contribution in [0.3, 0.4) is 0 Å². The number of aliphatic carboxylic acids is 1. The minimum atomic E-state index is -0.651. The Kier molecular flexibility index (Phi) is 3.89. The molecule has 124 valence electrons. The van der Waals surface area contributed by atoms with Gasteiger partial charge in [0.05, 0.1) is 5.92 Å². The van der Waals surface area contributed by atoms with E-state index in [1.807, 2.05) is 18.2 Å². The lowest BCUT2D eigenvalue weighted by atomic mass is 9.64. The number of carboxylic acid groups (broad SMARTS) is 1. The third-order valence-electron chi connectivity index (χ3n) is 5.78. The van der Waals surface area contributed by atoms with Crippen LogP contribution in [0.1, 0.15) is 29.5 Å². The van der Waals surface area contributed by atoms with Crippen LogP contribution in [0.5, 0.6) is 0 Å². The minimum Gasteiger partial charge on any atom is -0.481 e. The van der Waals surface area contributed by atoms with Crippen LogP contribution in [0.2, 0.25) is 0 Å². The highest BCUT2D eigenvalue weighted by Gasteiger charge is 2.52. The van der Waals surface area contributed by atoms with Crippen molar-refractivity contribution in [3.05, 3.63) is 71.3 Å². The average Bonchev–Trinajstić information content (AvgIpc) is 2.95. The lowest BCUT2D eigenvalue weighted by molar-refractivity contribution is -0.143. The lowest BCUT2D eigenvalue weighted by Gasteiger charge is -2.38. The van der Waals surface area contributed by atoms with E-state index in [0.29, 0.717) is 6.54 Å². The van der Waals surface area contributed by atoms with Crippen molar-refractivity contribution in [3.8, 4) is 0 Å². The summed E-state index contributed by atoms with van der Waals surface area (Å²) in [5, 5.41) is 9.91. The molecule has 24 heavy (non-hydrogen) atoms. The van der Waals surface area contributed by atoms with Crippen molar-refractivity contribution >= 4 is 5.97 Å². The van der Waals surface area contributed by atoms with E-state index >= 15 is 0 Å². The molecule has 1 heterocycles. The normalized spacial score (nSPS) is 26.4. The average molecular weight is 321 g/mol. The van der Waals surface area contributed by atoms with E-state index in [0.717, 1.165) is 32.4 Å². The zero-order chi connectivity index (χ0) is 16.6. The molecule has 1 fully saturated rings. The van der Waals surface area contributed by atoms with Gasteiger partial charge in [-0.25, -0.2) is 0 Å². The van der Waals surface area contributed by atoms with Crippen LogP contribution < -0.4 is 0 Å². The van der Waals surface area contributed by atoms with Crippen molar-refractivity contribution in [3.63, 3.8) is 0 Å². The van der Waals surface area contributed by atoms with Gasteiger partial charge in [-0.1, -0.05) is 54.6 Å². The van der Waals surface area contributed by atoms with Gasteiger partial charge < -0.3 is 5.11 Å². The number of likely N-dealkylation sites (tertiary alicyclic amines) is 1. The fourth-order valence-electron chi connectivity index (χ4n) is 4.76. The summed E-state index contributed by atoms with van der Waals surface area (Å²) in [6, 6.07) is 18.8. The Morgan fingerprint density at radius 3 is 2.67 bits per heavy atom. The van der Waals surface area contributed by atoms with Crippen molar-refractivity contribution in [1.82, 2.24) is 4.90 Å². The van der Waals surface area contributed by atoms with Gasteiger partial charge in [0.25, 0.3) is 0 Å². The van der Waals surface area contributed by atoms with Gasteiger partial charge in [0.1, 0.15) is 0 Å². The third kappa shape index (κ3) is 2.53. The van der Waals surface area contributed by atoms with Crippen LogP contribution in [-0.4, -0.2) is 29.1 Å². The van der Waals surface area contributed by atoms with Gasteiger partial charge >= 0.3 is 5.97 Å². The first-order chi connectivity index (χ1) is 11.7. The fraction of sp³-hybridized carbons (Fsp3) is 0.381. The van der Waals surface area contributed by atoms with Crippen LogP contribution in [-0.2, 0) is 23.2 Å². The maximum absolute atomic E-state index is 12.1. The molecule has 3 nitrogen and oxygen atoms in total. The summed E-state index contributed by atoms with van der Waals surface area (Å²) < 4.78 is 0. The Bertz CT molecular complexity index is 743. The molecule has 0 radical (unpaired) electrons. The second-order valence-corrected chi connectivity index (χ2v) is 7.21. The van der Waals surface area contributed by atoms with Crippen LogP contribution in [0.4, 0.5) is 0 Å². The summed E-state index contributed by atoms with van der Waals surface area (Å²) in [6.07, 6.45) is 3.13. The Morgan fingerprint density at radius 2 is 1.88 bits per heavy atom. The molecular weight excluding hydrogens is 298 g/mol. The molecule has 1 N–H and O–H groups in total. The molecule has 1 aliphatic carbocycles. The molecule has 0 bridgehead atoms. The van der Waals surface area contributed by atoms with E-state index < -0.39 is 5.97 Å². The van der Waals surface area contributed by atoms with E-state index in [9.17, 15) is 9.90 Å². The second kappa shape index (κ2) is 6.06. The highest BCUT2D eigenvalue weighted by atomic mass is 16.4. The quantitative estimate of drug-likeness (QED) is 0.941. The first-order valence-corrected chi connectivity index (χ1v) is 8.76. The van der Waals surface area contributed by atoms with Crippen molar-refractivity contribution in [2.24, 2.45) is 5.92 Å². The van der Waals surface area contributed by atoms with Gasteiger partial charge in [-0.3, -0.25) is 9.69 Å². The van der Waals surface area contributed by atoms with E-state index in [1.54, 1.807) is 0 Å². The van der Waals surface area contributed by atoms with Crippen molar-refractivity contribution in [2.75, 3.05) is 13.1 Å². The third-order valence-corrected chi connectivity index (χ3v) is 5.78. The number of rotatable bonds is 3. The number of hydrogen-bond donors (Lipinski definition) is 1. The summed E-state index contributed by atoms with van der Waals surface area (Å²) in [4.78, 5) is 14.4. The zero-order valence-electron chi connectivity index (χ0n) is 13.8. The first-order valence-electron chi connectivity index (χ1n) is 8.76. The summed E-state index contributed by atoms with van der Waals surface area (Å²) in [5.74, 6) is -0.968. The molecule has 2 aromatic rings. The monoisotopic (exact) mass is 321 g/mol. The van der Waals surface area contributed by atoms with Crippen molar-refractivity contribution in [2.45, 2.75) is 31.2 Å². The minimum absolute atomic E-state index is 0.227. The van der Waals surface area contributed by atoms with E-state index in [-0.39, 0.29) is 11.3 Å². The maximum Gasteiger partial charge on any atom is 0.308 e. The Hall–Kier alpha value is -2.13. The highest BCUT2D eigenvalue weighted by molar-refractivity contribution is 5.74. The molecule has 3 heteroatoms. The van der Waals surface area contributed by atoms with Crippen LogP contribution in [0.15, 0.2) is 54.6 Å². The number of nitrogens with zero attached hydrogens (tertiary/aromatic N) is 1. The van der Waals surface area contributed by atoms with Gasteiger partial charge in [-0.2, -0.15) is 0 Å². The SMILES string of the molecule is O=C(O)C1CN(Cc2ccccc2)CC12CCCc1ccccc12. The molecular formula is C21H23NO2. The summed E-state index contributed by atoms with van der Waals surface area (Å²) in [6.45, 7) is 2.31. The van der Waals surface area contributed by atoms with Gasteiger partial charge in [-0.05, 0) is 36.0 Å². The number of carboxylic acids is 1. The summed E-state index contributed by atoms with van der Waals surface area (Å²) in [5.41, 5.74) is 3.65. The summed E-state index contributed by atoms with van der Waals surface area (Å²) >= 11 is 0. The molecule has 4 rings (SSSR count). The van der Waals surface area contributed by atoms with Gasteiger partial charge in [0.15, 0.2) is 0 Å². The molecule has 2 atom stereocenters. The van der Waals surface area contributed by atoms with Gasteiger partial charge in [0, 0.05) is 25.0 Å². The zero-order valence-corrected chi connectivity index (χ0v) is 13.8. The van der Waals surface area contributed by atoms with Crippen molar-refractivity contribution < 1.29 is 9.90 Å². The fourth-order valence-corrected chi connectivity index (χ4v) is 4.76. The first kappa shape index (κ1) is 15.4. The molecule has 2 unspecified atom stereocenters. The van der Waals surface area contributed by atoms with Gasteiger partial charge in [0.2, 0.25) is 0 Å². The van der Waals surface area contributed by atoms with Gasteiger partial charge in [-0.15, -0.1) is 0 Å². The Morgan fingerprint density at radius 1 is 1.12 bits per heavy atom. The number of hydrogen-bond acceptors (Lipinski definition) is 2. The largest absolute Gasteiger partial charge is 0.481 e. The predicted octanol–water partition coefficient (Wildman–Crippen LogP) is 3.48. The molecule has 1 saturated heterocycles. The van der Waals surface area contributed by atoms with Crippen LogP contribution >= 0.6 is 0 Å². The predicted molar refractivity (Wildman–Crippen MR) is 93.9 cm³/mol. The Labute approximate surface area is 142 Å². The molecule has 1 aliphatic heterocycles. The molecule has 2 aromatic carbocycles. The van der Waals surface area contributed by atoms with E-state index in [1.165, 1.54) is 16.7 Å². The number of carbonyl (C=O) groups is 1. The molecule has 1 spiro atoms.